The van der Waals surface area contributed by atoms with Crippen LogP contribution in [0.3, 0.4) is 0 Å². The van der Waals surface area contributed by atoms with E-state index >= 15 is 0 Å². The number of halogens is 1. The monoisotopic (exact) mass is 764 g/mol. The number of para-hydroxylation sites is 2. The Morgan fingerprint density at radius 2 is 1.27 bits per heavy atom. The van der Waals surface area contributed by atoms with Crippen LogP contribution in [0.4, 0.5) is 0 Å². The predicted octanol–water partition coefficient (Wildman–Crippen LogP) is 12.2. The largest absolute Gasteiger partial charge is 0.385 e. The summed E-state index contributed by atoms with van der Waals surface area (Å²) in [5, 5.41) is 1.11. The van der Waals surface area contributed by atoms with Crippen molar-refractivity contribution in [3.8, 4) is 0 Å². The number of ether oxygens (including phenoxy) is 2. The zero-order valence-electron chi connectivity index (χ0n) is 29.9. The van der Waals surface area contributed by atoms with Gasteiger partial charge in [-0.25, -0.2) is 9.97 Å². The summed E-state index contributed by atoms with van der Waals surface area (Å²) in [4.78, 5) is 18.4. The van der Waals surface area contributed by atoms with Crippen LogP contribution in [0.15, 0.2) is 63.6 Å². The average Bonchev–Trinajstić information content (AvgIpc) is 3.52. The third kappa shape index (κ3) is 17.5. The van der Waals surface area contributed by atoms with Gasteiger partial charge in [0.25, 0.3) is 0 Å². The molecule has 0 unspecified atom stereocenters. The summed E-state index contributed by atoms with van der Waals surface area (Å²) in [7, 11) is 3.55. The lowest BCUT2D eigenvalue weighted by atomic mass is 10.1. The predicted molar refractivity (Wildman–Crippen MR) is 219 cm³/mol. The first-order valence-corrected chi connectivity index (χ1v) is 20.8. The van der Waals surface area contributed by atoms with E-state index in [2.05, 4.69) is 52.0 Å². The topological polar surface area (TPSA) is 75.8 Å². The Kier molecular flexibility index (Phi) is 24.2. The fourth-order valence-corrected chi connectivity index (χ4v) is 8.45. The minimum absolute atomic E-state index is 0. The van der Waals surface area contributed by atoms with Crippen molar-refractivity contribution in [2.24, 2.45) is 0 Å². The lowest BCUT2D eigenvalue weighted by molar-refractivity contribution is 0.192. The second-order valence-corrected chi connectivity index (χ2v) is 15.6. The van der Waals surface area contributed by atoms with E-state index in [0.717, 1.165) is 45.5 Å². The van der Waals surface area contributed by atoms with Crippen LogP contribution in [0.1, 0.15) is 94.0 Å². The molecule has 4 aromatic rings. The van der Waals surface area contributed by atoms with Gasteiger partial charge in [0, 0.05) is 49.6 Å². The molecule has 6 nitrogen and oxygen atoms in total. The van der Waals surface area contributed by atoms with Crippen molar-refractivity contribution in [2.75, 3.05) is 38.9 Å². The first-order chi connectivity index (χ1) is 23.5. The number of aromatic amines is 2. The quantitative estimate of drug-likeness (QED) is 0.0439. The number of hydrogen-bond acceptors (Lipinski definition) is 8. The highest BCUT2D eigenvalue weighted by Gasteiger charge is 2.09. The Hall–Kier alpha value is -1.53. The molecular formula is C38H57ClN4O2S4. The number of imidazole rings is 1. The van der Waals surface area contributed by atoms with Crippen molar-refractivity contribution >= 4 is 70.9 Å². The second kappa shape index (κ2) is 27.2. The van der Waals surface area contributed by atoms with E-state index in [0.29, 0.717) is 0 Å². The highest BCUT2D eigenvalue weighted by molar-refractivity contribution is 8.00. The van der Waals surface area contributed by atoms with Crippen LogP contribution in [0.2, 0.25) is 0 Å². The standard InChI is InChI=1S/C23H31N3OS2.C15H25NOS2.ClH/c1-18-21(28-16-10-6-4-3-5-9-15-27-2)13-14-24-23(18)29-17-22-25-19-11-7-8-12-20(19)26-22;1-13-14(9-10-16-15(13)18)19-12-8-6-4-3-5-7-11-17-2;/h7-8,11-14H,3-6,9-10,15-17H2,1-2H3,(H,25,26);9-10H,3-8,11-12H2,1-2H3,(H,16,18);1H. The van der Waals surface area contributed by atoms with Gasteiger partial charge in [0.15, 0.2) is 0 Å². The Balaban J connectivity index is 0.000000364. The number of nitrogens with zero attached hydrogens (tertiary/aromatic N) is 2. The highest BCUT2D eigenvalue weighted by Crippen LogP contribution is 2.31. The highest BCUT2D eigenvalue weighted by atomic mass is 35.5. The maximum Gasteiger partial charge on any atom is 0.117 e. The Morgan fingerprint density at radius 1 is 0.694 bits per heavy atom. The second-order valence-electron chi connectivity index (χ2n) is 11.9. The van der Waals surface area contributed by atoms with Gasteiger partial charge in [0.05, 0.1) is 16.8 Å². The average molecular weight is 766 g/mol. The number of fused-ring (bicyclic) bond motifs is 1. The number of pyridine rings is 2. The normalized spacial score (nSPS) is 10.9. The van der Waals surface area contributed by atoms with Crippen molar-refractivity contribution in [3.63, 3.8) is 0 Å². The molecule has 0 radical (unpaired) electrons. The zero-order chi connectivity index (χ0) is 34.2. The molecule has 0 amide bonds. The number of rotatable bonds is 23. The molecule has 0 saturated heterocycles. The summed E-state index contributed by atoms with van der Waals surface area (Å²) >= 11 is 10.9. The molecule has 2 N–H and O–H groups in total. The molecule has 11 heteroatoms. The SMILES string of the molecule is COCCCCCCCCSc1cc[nH]c(=S)c1C.COCCCCCCCCSc1ccnc(SCc2nc3ccccc3[nH]2)c1C.Cl. The van der Waals surface area contributed by atoms with Crippen LogP contribution in [-0.2, 0) is 15.2 Å². The van der Waals surface area contributed by atoms with Crippen LogP contribution in [0, 0.1) is 18.5 Å². The fourth-order valence-electron chi connectivity index (χ4n) is 5.18. The summed E-state index contributed by atoms with van der Waals surface area (Å²) in [5.74, 6) is 4.18. The van der Waals surface area contributed by atoms with Gasteiger partial charge in [0.1, 0.15) is 15.5 Å². The van der Waals surface area contributed by atoms with Crippen molar-refractivity contribution < 1.29 is 9.47 Å². The molecule has 1 aromatic carbocycles. The lowest BCUT2D eigenvalue weighted by Crippen LogP contribution is -1.92. The fraction of sp³-hybridized carbons (Fsp3) is 0.553. The molecule has 3 heterocycles. The van der Waals surface area contributed by atoms with Crippen LogP contribution in [0.5, 0.6) is 0 Å². The van der Waals surface area contributed by atoms with Gasteiger partial charge in [-0.15, -0.1) is 35.9 Å². The molecule has 0 aliphatic rings. The number of unbranched alkanes of at least 4 members (excludes halogenated alkanes) is 10. The number of thioether (sulfide) groups is 3. The Bertz CT molecular complexity index is 1470. The summed E-state index contributed by atoms with van der Waals surface area (Å²) < 4.78 is 11.0. The number of H-pyrrole nitrogens is 2. The summed E-state index contributed by atoms with van der Waals surface area (Å²) in [6.07, 6.45) is 19.4. The van der Waals surface area contributed by atoms with E-state index in [4.69, 9.17) is 21.7 Å². The van der Waals surface area contributed by atoms with E-state index in [1.807, 2.05) is 54.1 Å². The summed E-state index contributed by atoms with van der Waals surface area (Å²) in [6.45, 7) is 6.08. The minimum Gasteiger partial charge on any atom is -0.385 e. The minimum atomic E-state index is 0. The van der Waals surface area contributed by atoms with E-state index in [1.54, 1.807) is 26.0 Å². The van der Waals surface area contributed by atoms with Crippen molar-refractivity contribution in [3.05, 3.63) is 70.4 Å². The Labute approximate surface area is 319 Å². The summed E-state index contributed by atoms with van der Waals surface area (Å²) in [5.41, 5.74) is 4.62. The first kappa shape index (κ1) is 43.6. The molecule has 0 saturated carbocycles. The maximum absolute atomic E-state index is 5.23. The zero-order valence-corrected chi connectivity index (χ0v) is 34.0. The molecule has 272 valence electrons. The summed E-state index contributed by atoms with van der Waals surface area (Å²) in [6, 6.07) is 12.4. The van der Waals surface area contributed by atoms with Gasteiger partial charge in [-0.05, 0) is 86.4 Å². The van der Waals surface area contributed by atoms with Gasteiger partial charge in [-0.3, -0.25) is 0 Å². The number of aromatic nitrogens is 4. The molecule has 0 atom stereocenters. The number of nitrogens with one attached hydrogen (secondary N) is 2. The van der Waals surface area contributed by atoms with E-state index < -0.39 is 0 Å². The van der Waals surface area contributed by atoms with Crippen LogP contribution in [0.25, 0.3) is 11.0 Å². The van der Waals surface area contributed by atoms with Gasteiger partial charge in [0.2, 0.25) is 0 Å². The number of methoxy groups -OCH3 is 2. The van der Waals surface area contributed by atoms with Gasteiger partial charge in [-0.2, -0.15) is 0 Å². The van der Waals surface area contributed by atoms with Crippen molar-refractivity contribution in [1.29, 1.82) is 0 Å². The smallest absolute Gasteiger partial charge is 0.117 e. The van der Waals surface area contributed by atoms with Crippen LogP contribution in [-0.4, -0.2) is 58.9 Å². The number of hydrogen-bond donors (Lipinski definition) is 2. The molecule has 49 heavy (non-hydrogen) atoms. The van der Waals surface area contributed by atoms with Gasteiger partial charge in [-0.1, -0.05) is 87.5 Å². The lowest BCUT2D eigenvalue weighted by Gasteiger charge is -2.09. The Morgan fingerprint density at radius 3 is 1.88 bits per heavy atom. The van der Waals surface area contributed by atoms with Crippen LogP contribution < -0.4 is 0 Å². The molecular weight excluding hydrogens is 708 g/mol. The molecule has 0 fully saturated rings. The molecule has 4 rings (SSSR count). The van der Waals surface area contributed by atoms with Crippen molar-refractivity contribution in [1.82, 2.24) is 19.9 Å². The van der Waals surface area contributed by atoms with Crippen LogP contribution >= 0.6 is 59.9 Å². The van der Waals surface area contributed by atoms with E-state index in [9.17, 15) is 0 Å². The van der Waals surface area contributed by atoms with Gasteiger partial charge >= 0.3 is 0 Å². The molecule has 0 aliphatic carbocycles. The maximum atomic E-state index is 5.23. The molecule has 0 bridgehead atoms. The molecule has 0 spiro atoms. The molecule has 3 aromatic heterocycles. The first-order valence-electron chi connectivity index (χ1n) is 17.5. The molecule has 0 aliphatic heterocycles. The third-order valence-corrected chi connectivity index (χ3v) is 12.1. The third-order valence-electron chi connectivity index (χ3n) is 8.05. The van der Waals surface area contributed by atoms with E-state index in [1.165, 1.54) is 109 Å². The van der Waals surface area contributed by atoms with E-state index in [-0.39, 0.29) is 12.4 Å². The van der Waals surface area contributed by atoms with Gasteiger partial charge < -0.3 is 19.4 Å². The van der Waals surface area contributed by atoms with Crippen molar-refractivity contribution in [2.45, 2.75) is 111 Å². The number of benzene rings is 1.